The maximum absolute atomic E-state index is 17.5. The highest BCUT2D eigenvalue weighted by Crippen LogP contribution is 2.70. The average Bonchev–Trinajstić information content (AvgIpc) is 3.51. The van der Waals surface area contributed by atoms with Crippen LogP contribution in [-0.4, -0.2) is 119 Å². The maximum atomic E-state index is 17.5. The number of unbranched alkanes of at least 4 members (excludes halogenated alkanes) is 5. The average molecular weight is 989 g/mol. The van der Waals surface area contributed by atoms with E-state index in [9.17, 15) is 34.5 Å². The van der Waals surface area contributed by atoms with E-state index < -0.39 is 63.9 Å². The van der Waals surface area contributed by atoms with Crippen molar-refractivity contribution in [1.82, 2.24) is 30.6 Å². The van der Waals surface area contributed by atoms with Crippen molar-refractivity contribution in [3.8, 4) is 0 Å². The number of hydrogen-bond donors (Lipinski definition) is 6. The Labute approximate surface area is 413 Å². The summed E-state index contributed by atoms with van der Waals surface area (Å²) in [4.78, 5) is 70.3. The zero-order valence-corrected chi connectivity index (χ0v) is 42.1. The molecule has 9 atom stereocenters. The van der Waals surface area contributed by atoms with Gasteiger partial charge in [0.2, 0.25) is 0 Å². The molecule has 1 unspecified atom stereocenters. The summed E-state index contributed by atoms with van der Waals surface area (Å²) in [6.07, 6.45) is 13.1. The molecule has 3 fully saturated rings. The van der Waals surface area contributed by atoms with Crippen LogP contribution in [0.4, 0.5) is 15.9 Å². The second-order valence-electron chi connectivity index (χ2n) is 20.0. The van der Waals surface area contributed by atoms with Crippen LogP contribution in [0, 0.1) is 35.5 Å². The number of rotatable bonds is 22. The number of aromatic nitrogens is 4. The number of benzene rings is 1. The summed E-state index contributed by atoms with van der Waals surface area (Å²) in [5.41, 5.74) is 3.63. The number of aliphatic hydroxyl groups is 2. The number of amides is 2. The summed E-state index contributed by atoms with van der Waals surface area (Å²) in [7, 11) is 1.89. The number of carboxylic acids is 1. The van der Waals surface area contributed by atoms with E-state index in [0.29, 0.717) is 84.1 Å². The number of nitrogens with one attached hydrogen (secondary N) is 2. The molecular formula is C51H69FN8O7S2. The van der Waals surface area contributed by atoms with E-state index >= 15 is 4.39 Å². The van der Waals surface area contributed by atoms with Crippen LogP contribution < -0.4 is 21.3 Å². The van der Waals surface area contributed by atoms with Crippen LogP contribution in [-0.2, 0) is 20.9 Å². The summed E-state index contributed by atoms with van der Waals surface area (Å²) in [5.74, 6) is 0.635. The summed E-state index contributed by atoms with van der Waals surface area (Å²) in [5, 5.41) is 39.3. The van der Waals surface area contributed by atoms with Crippen molar-refractivity contribution in [2.45, 2.75) is 128 Å². The zero-order valence-electron chi connectivity index (χ0n) is 40.5. The maximum Gasteiger partial charge on any atom is 0.326 e. The van der Waals surface area contributed by atoms with Crippen LogP contribution in [0.1, 0.15) is 113 Å². The van der Waals surface area contributed by atoms with Crippen molar-refractivity contribution >= 4 is 69.8 Å². The largest absolute Gasteiger partial charge is 0.480 e. The molecule has 1 aromatic carbocycles. The van der Waals surface area contributed by atoms with Crippen molar-refractivity contribution in [3.63, 3.8) is 0 Å². The molecule has 374 valence electrons. The Balaban J connectivity index is 0.730. The normalized spacial score (nSPS) is 28.6. The molecular weight excluding hydrogens is 920 g/mol. The Hall–Kier alpha value is -4.65. The Morgan fingerprint density at radius 3 is 2.36 bits per heavy atom. The number of aliphatic hydroxyl groups excluding tert-OH is 1. The second-order valence-corrected chi connectivity index (χ2v) is 22.5. The molecule has 0 aliphatic heterocycles. The number of halogens is 1. The Morgan fingerprint density at radius 1 is 0.986 bits per heavy atom. The van der Waals surface area contributed by atoms with Crippen LogP contribution in [0.25, 0.3) is 11.2 Å². The topological polar surface area (TPSA) is 234 Å². The number of thioether (sulfide) groups is 2. The highest BCUT2D eigenvalue weighted by Gasteiger charge is 2.75. The molecule has 4 aliphatic carbocycles. The minimum absolute atomic E-state index is 0.0379. The number of alkyl halides is 1. The zero-order chi connectivity index (χ0) is 49.7. The lowest BCUT2D eigenvalue weighted by molar-refractivity contribution is -0.219. The predicted octanol–water partition coefficient (Wildman–Crippen LogP) is 6.79. The van der Waals surface area contributed by atoms with Gasteiger partial charge in [-0.15, -0.1) is 0 Å². The summed E-state index contributed by atoms with van der Waals surface area (Å²) in [6.45, 7) is 8.07. The number of carbonyl (C=O) groups is 4. The molecule has 15 nitrogen and oxygen atoms in total. The van der Waals surface area contributed by atoms with Crippen molar-refractivity contribution in [3.05, 3.63) is 71.3 Å². The fourth-order valence-electron chi connectivity index (χ4n) is 11.8. The van der Waals surface area contributed by atoms with Gasteiger partial charge in [-0.3, -0.25) is 14.4 Å². The molecule has 2 amide bonds. The number of nitrogens with two attached hydrogens (primary N) is 1. The van der Waals surface area contributed by atoms with Gasteiger partial charge in [0.25, 0.3) is 11.8 Å². The van der Waals surface area contributed by atoms with Crippen molar-refractivity contribution in [2.75, 3.05) is 47.2 Å². The number of hydrogen-bond acceptors (Lipinski definition) is 14. The van der Waals surface area contributed by atoms with Gasteiger partial charge in [-0.1, -0.05) is 51.2 Å². The van der Waals surface area contributed by atoms with Gasteiger partial charge in [-0.05, 0) is 124 Å². The van der Waals surface area contributed by atoms with Gasteiger partial charge in [0, 0.05) is 47.3 Å². The number of allylic oxidation sites excluding steroid dienone is 4. The monoisotopic (exact) mass is 988 g/mol. The number of carbonyl (C=O) groups excluding carboxylic acids is 3. The lowest BCUT2D eigenvalue weighted by atomic mass is 9.44. The van der Waals surface area contributed by atoms with Gasteiger partial charge >= 0.3 is 5.97 Å². The van der Waals surface area contributed by atoms with Crippen LogP contribution in [0.5, 0.6) is 0 Å². The molecule has 4 aliphatic rings. The first kappa shape index (κ1) is 52.2. The number of anilines is 2. The molecule has 0 radical (unpaired) electrons. The second kappa shape index (κ2) is 21.8. The van der Waals surface area contributed by atoms with Gasteiger partial charge in [-0.2, -0.15) is 23.5 Å². The van der Waals surface area contributed by atoms with Crippen molar-refractivity contribution in [2.24, 2.45) is 28.6 Å². The van der Waals surface area contributed by atoms with E-state index in [1.165, 1.54) is 12.2 Å². The minimum Gasteiger partial charge on any atom is -0.480 e. The van der Waals surface area contributed by atoms with Crippen LogP contribution in [0.15, 0.2) is 54.3 Å². The summed E-state index contributed by atoms with van der Waals surface area (Å²) >= 11 is 3.47. The number of fused-ring (bicyclic) bond motifs is 6. The summed E-state index contributed by atoms with van der Waals surface area (Å²) < 4.78 is 17.5. The Bertz CT molecular complexity index is 2450. The summed E-state index contributed by atoms with van der Waals surface area (Å²) in [6, 6.07) is 5.95. The smallest absolute Gasteiger partial charge is 0.326 e. The van der Waals surface area contributed by atoms with Gasteiger partial charge in [0.15, 0.2) is 34.0 Å². The van der Waals surface area contributed by atoms with Gasteiger partial charge in [-0.25, -0.2) is 29.1 Å². The highest BCUT2D eigenvalue weighted by molar-refractivity contribution is 7.99. The molecule has 7 N–H and O–H groups in total. The SMILES string of the molecule is Cc1nc(N)c2nc(CN(C)c3ccc(C(=O)N[C@@H](CCSCCCCCCCCSCCNC(=O)[C@@]4(O)[C@H](C)C[C@H]5C6CCC7=CC(=O)C=C[C@]7(C)[C@@]6(F)[C@@H](O)C[C@@]54C)C(=O)O)cc3)cnc2n1. The third kappa shape index (κ3) is 10.5. The van der Waals surface area contributed by atoms with E-state index in [-0.39, 0.29) is 23.9 Å². The third-order valence-corrected chi connectivity index (χ3v) is 17.8. The fourth-order valence-corrected chi connectivity index (χ4v) is 13.7. The first-order chi connectivity index (χ1) is 32.8. The van der Waals surface area contributed by atoms with Crippen LogP contribution in [0.2, 0.25) is 0 Å². The first-order valence-corrected chi connectivity index (χ1v) is 26.7. The predicted molar refractivity (Wildman–Crippen MR) is 270 cm³/mol. The Kier molecular flexibility index (Phi) is 16.5. The first-order valence-electron chi connectivity index (χ1n) is 24.4. The van der Waals surface area contributed by atoms with Gasteiger partial charge < -0.3 is 36.6 Å². The quantitative estimate of drug-likeness (QED) is 0.0569. The van der Waals surface area contributed by atoms with Crippen molar-refractivity contribution in [1.29, 1.82) is 0 Å². The lowest BCUT2D eigenvalue weighted by Crippen LogP contribution is -2.70. The number of aliphatic carboxylic acids is 1. The molecule has 3 aromatic rings. The minimum atomic E-state index is -2.00. The standard InChI is InChI=1S/C51H69FN8O7S2/c1-31-26-39-38-17-14-34-27-37(61)18-20-48(34,3)50(38,52)41(62)28-49(39,4)51(31,67)47(66)54-21-25-69-23-11-9-7-6-8-10-22-68-24-19-40(46(64)65)59-45(63)33-12-15-36(16-13-33)60(5)30-35-29-55-44-42(58-35)43(53)56-32(2)57-44/h12-13,15-16,18,20,27,29,31,38-41,62,67H,6-11,14,17,19,21-26,28,30H2,1-5H3,(H,54,66)(H,59,63)(H,64,65)(H2,53,55,56,57)/t31-,38?,39+,40+,41+,48+,49+,50+,51+/m1/s1. The molecule has 3 saturated carbocycles. The third-order valence-electron chi connectivity index (χ3n) is 15.6. The van der Waals surface area contributed by atoms with Crippen LogP contribution in [0.3, 0.4) is 0 Å². The number of nitrogen functional groups attached to an aromatic ring is 1. The van der Waals surface area contributed by atoms with E-state index in [1.54, 1.807) is 73.9 Å². The van der Waals surface area contributed by atoms with Crippen LogP contribution >= 0.6 is 23.5 Å². The molecule has 2 aromatic heterocycles. The van der Waals surface area contributed by atoms with E-state index in [1.807, 2.05) is 25.8 Å². The molecule has 0 saturated heterocycles. The number of carboxylic acid groups (broad SMARTS) is 1. The van der Waals surface area contributed by atoms with Crippen molar-refractivity contribution < 1.29 is 38.9 Å². The highest BCUT2D eigenvalue weighted by atomic mass is 32.2. The fraction of sp³-hybridized carbons (Fsp3) is 0.608. The molecule has 7 rings (SSSR count). The molecule has 2 heterocycles. The number of ketones is 1. The van der Waals surface area contributed by atoms with E-state index in [2.05, 4.69) is 30.6 Å². The van der Waals surface area contributed by atoms with E-state index in [0.717, 1.165) is 55.7 Å². The van der Waals surface area contributed by atoms with Gasteiger partial charge in [0.05, 0.1) is 24.5 Å². The van der Waals surface area contributed by atoms with E-state index in [4.69, 9.17) is 5.73 Å². The Morgan fingerprint density at radius 2 is 1.67 bits per heavy atom. The molecule has 0 spiro atoms. The molecule has 18 heteroatoms. The number of nitrogens with zero attached hydrogens (tertiary/aromatic N) is 5. The lowest BCUT2D eigenvalue weighted by Gasteiger charge is -2.62. The van der Waals surface area contributed by atoms with Gasteiger partial charge in [0.1, 0.15) is 11.9 Å². The number of aryl methyl sites for hydroxylation is 1. The molecule has 69 heavy (non-hydrogen) atoms. The molecule has 0 bridgehead atoms.